The van der Waals surface area contributed by atoms with Gasteiger partial charge in [-0.15, -0.1) is 0 Å². The second kappa shape index (κ2) is 8.52. The summed E-state index contributed by atoms with van der Waals surface area (Å²) in [4.78, 5) is 19.2. The average molecular weight is 359 g/mol. The summed E-state index contributed by atoms with van der Waals surface area (Å²) in [6.07, 6.45) is 0.851. The van der Waals surface area contributed by atoms with Crippen molar-refractivity contribution in [3.05, 3.63) is 17.5 Å². The first kappa shape index (κ1) is 18.7. The highest BCUT2D eigenvalue weighted by atomic mass is 16.2. The van der Waals surface area contributed by atoms with Gasteiger partial charge in [-0.1, -0.05) is 0 Å². The largest absolute Gasteiger partial charge is 0.337 e. The van der Waals surface area contributed by atoms with Gasteiger partial charge in [0.15, 0.2) is 5.69 Å². The van der Waals surface area contributed by atoms with Crippen LogP contribution in [-0.4, -0.2) is 82.4 Å². The van der Waals surface area contributed by atoms with E-state index >= 15 is 0 Å². The molecule has 142 valence electrons. The smallest absolute Gasteiger partial charge is 0.317 e. The van der Waals surface area contributed by atoms with Gasteiger partial charge in [-0.2, -0.15) is 10.4 Å². The Morgan fingerprint density at radius 1 is 1.27 bits per heavy atom. The molecule has 0 bridgehead atoms. The van der Waals surface area contributed by atoms with E-state index in [1.807, 2.05) is 9.58 Å². The molecule has 0 atom stereocenters. The van der Waals surface area contributed by atoms with E-state index in [2.05, 4.69) is 40.1 Å². The lowest BCUT2D eigenvalue weighted by Crippen LogP contribution is -2.51. The van der Waals surface area contributed by atoms with Crippen LogP contribution in [-0.2, 0) is 13.1 Å². The van der Waals surface area contributed by atoms with Gasteiger partial charge in [0.25, 0.3) is 0 Å². The van der Waals surface area contributed by atoms with Crippen LogP contribution in [0.3, 0.4) is 0 Å². The number of nitrogens with zero attached hydrogens (tertiary/aromatic N) is 6. The van der Waals surface area contributed by atoms with Gasteiger partial charge in [-0.25, -0.2) is 4.79 Å². The summed E-state index contributed by atoms with van der Waals surface area (Å²) in [7, 11) is 0. The summed E-state index contributed by atoms with van der Waals surface area (Å²) in [6.45, 7) is 12.3. The van der Waals surface area contributed by atoms with E-state index in [1.54, 1.807) is 6.07 Å². The Bertz CT molecular complexity index is 655. The van der Waals surface area contributed by atoms with Crippen LogP contribution in [0, 0.1) is 11.3 Å². The first-order valence-corrected chi connectivity index (χ1v) is 9.53. The van der Waals surface area contributed by atoms with Gasteiger partial charge in [-0.3, -0.25) is 14.5 Å². The number of carbonyl (C=O) groups is 1. The van der Waals surface area contributed by atoms with Crippen molar-refractivity contribution in [1.82, 2.24) is 29.8 Å². The number of hydrogen-bond acceptors (Lipinski definition) is 5. The molecule has 2 aliphatic heterocycles. The number of carbonyl (C=O) groups excluding carboxylic acids is 1. The fourth-order valence-electron chi connectivity index (χ4n) is 3.63. The van der Waals surface area contributed by atoms with Crippen molar-refractivity contribution < 1.29 is 4.79 Å². The summed E-state index contributed by atoms with van der Waals surface area (Å²) < 4.78 is 1.85. The Kier molecular flexibility index (Phi) is 6.12. The maximum Gasteiger partial charge on any atom is 0.317 e. The van der Waals surface area contributed by atoms with Crippen LogP contribution in [0.15, 0.2) is 6.07 Å². The molecule has 1 saturated heterocycles. The third-order valence-electron chi connectivity index (χ3n) is 5.26. The summed E-state index contributed by atoms with van der Waals surface area (Å²) in [5.41, 5.74) is 1.35. The number of fused-ring (bicyclic) bond motifs is 1. The van der Waals surface area contributed by atoms with Crippen molar-refractivity contribution >= 4 is 6.03 Å². The van der Waals surface area contributed by atoms with E-state index < -0.39 is 0 Å². The molecule has 0 spiro atoms. The van der Waals surface area contributed by atoms with Gasteiger partial charge in [-0.05, 0) is 26.3 Å². The molecule has 2 aliphatic rings. The number of nitriles is 1. The molecule has 8 heteroatoms. The van der Waals surface area contributed by atoms with Crippen LogP contribution in [0.2, 0.25) is 0 Å². The molecule has 3 heterocycles. The molecular weight excluding hydrogens is 330 g/mol. The Morgan fingerprint density at radius 2 is 2.04 bits per heavy atom. The molecule has 1 aromatic heterocycles. The first-order valence-electron chi connectivity index (χ1n) is 9.53. The minimum absolute atomic E-state index is 0.0287. The van der Waals surface area contributed by atoms with Crippen LogP contribution in [0.4, 0.5) is 4.79 Å². The number of aromatic nitrogens is 2. The maximum absolute atomic E-state index is 12.5. The predicted molar refractivity (Wildman–Crippen MR) is 98.5 cm³/mol. The molecular formula is C18H29N7O. The highest BCUT2D eigenvalue weighted by molar-refractivity contribution is 5.74. The van der Waals surface area contributed by atoms with E-state index in [0.717, 1.165) is 51.4 Å². The molecule has 0 aromatic carbocycles. The molecule has 1 aromatic rings. The quantitative estimate of drug-likeness (QED) is 0.856. The van der Waals surface area contributed by atoms with Crippen molar-refractivity contribution in [2.45, 2.75) is 39.4 Å². The SMILES string of the molecule is CC(C)N1CCN(CCNC(=O)N2CCCn3nc(C#N)cc3C2)CC1. The van der Waals surface area contributed by atoms with Crippen molar-refractivity contribution in [3.63, 3.8) is 0 Å². The zero-order chi connectivity index (χ0) is 18.5. The zero-order valence-electron chi connectivity index (χ0n) is 15.8. The van der Waals surface area contributed by atoms with Gasteiger partial charge in [0.2, 0.25) is 0 Å². The minimum Gasteiger partial charge on any atom is -0.337 e. The van der Waals surface area contributed by atoms with Crippen molar-refractivity contribution in [2.75, 3.05) is 45.8 Å². The molecule has 1 fully saturated rings. The topological polar surface area (TPSA) is 80.4 Å². The van der Waals surface area contributed by atoms with Gasteiger partial charge in [0.1, 0.15) is 6.07 Å². The first-order chi connectivity index (χ1) is 12.6. The number of urea groups is 1. The van der Waals surface area contributed by atoms with Crippen LogP contribution in [0.5, 0.6) is 0 Å². The summed E-state index contributed by atoms with van der Waals surface area (Å²) in [5, 5.41) is 16.3. The van der Waals surface area contributed by atoms with E-state index in [-0.39, 0.29) is 6.03 Å². The molecule has 3 rings (SSSR count). The standard InChI is InChI=1S/C18H29N7O/c1-15(2)23-10-8-22(9-11-23)7-4-20-18(26)24-5-3-6-25-17(14-24)12-16(13-19)21-25/h12,15H,3-11,14H2,1-2H3,(H,20,26). The second-order valence-electron chi connectivity index (χ2n) is 7.33. The third kappa shape index (κ3) is 4.54. The predicted octanol–water partition coefficient (Wildman–Crippen LogP) is 0.696. The maximum atomic E-state index is 12.5. The normalized spacial score (nSPS) is 19.1. The van der Waals surface area contributed by atoms with Gasteiger partial charge >= 0.3 is 6.03 Å². The molecule has 1 N–H and O–H groups in total. The molecule has 0 aliphatic carbocycles. The van der Waals surface area contributed by atoms with Gasteiger partial charge in [0, 0.05) is 58.4 Å². The van der Waals surface area contributed by atoms with Crippen LogP contribution < -0.4 is 5.32 Å². The number of amides is 2. The number of aryl methyl sites for hydroxylation is 1. The molecule has 0 saturated carbocycles. The number of piperazine rings is 1. The monoisotopic (exact) mass is 359 g/mol. The Hall–Kier alpha value is -2.11. The van der Waals surface area contributed by atoms with E-state index in [0.29, 0.717) is 31.4 Å². The zero-order valence-corrected chi connectivity index (χ0v) is 15.8. The third-order valence-corrected chi connectivity index (χ3v) is 5.26. The molecule has 8 nitrogen and oxygen atoms in total. The fourth-order valence-corrected chi connectivity index (χ4v) is 3.63. The molecule has 0 unspecified atom stereocenters. The second-order valence-corrected chi connectivity index (χ2v) is 7.33. The lowest BCUT2D eigenvalue weighted by atomic mass is 10.2. The molecule has 2 amide bonds. The van der Waals surface area contributed by atoms with Crippen LogP contribution in [0.1, 0.15) is 31.7 Å². The van der Waals surface area contributed by atoms with Gasteiger partial charge in [0.05, 0.1) is 12.2 Å². The highest BCUT2D eigenvalue weighted by Gasteiger charge is 2.21. The van der Waals surface area contributed by atoms with E-state index in [9.17, 15) is 4.79 Å². The van der Waals surface area contributed by atoms with Gasteiger partial charge < -0.3 is 10.2 Å². The van der Waals surface area contributed by atoms with E-state index in [4.69, 9.17) is 5.26 Å². The van der Waals surface area contributed by atoms with Crippen LogP contribution in [0.25, 0.3) is 0 Å². The molecule has 26 heavy (non-hydrogen) atoms. The fraction of sp³-hybridized carbons (Fsp3) is 0.722. The lowest BCUT2D eigenvalue weighted by Gasteiger charge is -2.37. The highest BCUT2D eigenvalue weighted by Crippen LogP contribution is 2.13. The summed E-state index contributed by atoms with van der Waals surface area (Å²) in [6, 6.07) is 4.42. The number of nitrogens with one attached hydrogen (secondary N) is 1. The Labute approximate surface area is 155 Å². The Balaban J connectivity index is 1.43. The summed E-state index contributed by atoms with van der Waals surface area (Å²) in [5.74, 6) is 0. The van der Waals surface area contributed by atoms with E-state index in [1.165, 1.54) is 0 Å². The summed E-state index contributed by atoms with van der Waals surface area (Å²) >= 11 is 0. The van der Waals surface area contributed by atoms with Crippen LogP contribution >= 0.6 is 0 Å². The minimum atomic E-state index is -0.0287. The molecule has 0 radical (unpaired) electrons. The van der Waals surface area contributed by atoms with Crippen molar-refractivity contribution in [3.8, 4) is 6.07 Å². The number of hydrogen-bond donors (Lipinski definition) is 1. The Morgan fingerprint density at radius 3 is 2.73 bits per heavy atom. The number of rotatable bonds is 4. The van der Waals surface area contributed by atoms with Crippen molar-refractivity contribution in [2.24, 2.45) is 0 Å². The van der Waals surface area contributed by atoms with Crippen molar-refractivity contribution in [1.29, 1.82) is 5.26 Å². The average Bonchev–Trinajstić information content (AvgIpc) is 2.92. The lowest BCUT2D eigenvalue weighted by molar-refractivity contribution is 0.109.